The summed E-state index contributed by atoms with van der Waals surface area (Å²) < 4.78 is 29.1. The van der Waals surface area contributed by atoms with Crippen molar-refractivity contribution >= 4 is 11.5 Å². The molecule has 1 heterocycles. The number of allylic oxidation sites excluding steroid dienone is 1. The Labute approximate surface area is 155 Å². The fourth-order valence-corrected chi connectivity index (χ4v) is 3.10. The minimum atomic E-state index is -0.623. The highest BCUT2D eigenvalue weighted by atomic mass is 19.1. The number of halogens is 2. The van der Waals surface area contributed by atoms with E-state index >= 15 is 0 Å². The molecule has 0 amide bonds. The van der Waals surface area contributed by atoms with Gasteiger partial charge >= 0.3 is 0 Å². The van der Waals surface area contributed by atoms with E-state index in [1.165, 1.54) is 12.1 Å². The van der Waals surface area contributed by atoms with Crippen LogP contribution in [0, 0.1) is 11.6 Å². The first-order chi connectivity index (χ1) is 12.3. The third-order valence-electron chi connectivity index (χ3n) is 4.48. The number of hydrogen-bond acceptors (Lipinski definition) is 3. The van der Waals surface area contributed by atoms with E-state index in [0.717, 1.165) is 6.42 Å². The minimum Gasteiger partial charge on any atom is -0.389 e. The maximum atomic E-state index is 14.6. The van der Waals surface area contributed by atoms with E-state index in [1.54, 1.807) is 11.8 Å². The summed E-state index contributed by atoms with van der Waals surface area (Å²) in [6.45, 7) is 12.3. The zero-order valence-corrected chi connectivity index (χ0v) is 16.3. The van der Waals surface area contributed by atoms with Gasteiger partial charge in [0.1, 0.15) is 17.4 Å². The largest absolute Gasteiger partial charge is 0.389 e. The number of Topliss-reactive ketones (excluding diaryl/α,β-unsaturated/α-hetero) is 1. The number of nitrogens with zero attached hydrogens (tertiary/aromatic N) is 1. The van der Waals surface area contributed by atoms with E-state index in [2.05, 4.69) is 6.58 Å². The quantitative estimate of drug-likeness (QED) is 0.659. The number of β-amino-alcohol motifs (C(OH)–C–C–N with tert-alkyl or cyclic N) is 1. The third kappa shape index (κ3) is 5.63. The minimum absolute atomic E-state index is 0.0170. The summed E-state index contributed by atoms with van der Waals surface area (Å²) in [5.41, 5.74) is 1.06. The fraction of sp³-hybridized carbons (Fsp3) is 0.571. The second-order valence-electron chi connectivity index (χ2n) is 6.61. The van der Waals surface area contributed by atoms with Crippen LogP contribution in [0.2, 0.25) is 0 Å². The summed E-state index contributed by atoms with van der Waals surface area (Å²) in [5, 5.41) is 9.33. The number of carbonyl (C=O) groups is 1. The molecular weight excluding hydrogens is 336 g/mol. The van der Waals surface area contributed by atoms with Crippen molar-refractivity contribution in [3.05, 3.63) is 41.5 Å². The van der Waals surface area contributed by atoms with E-state index in [-0.39, 0.29) is 11.3 Å². The van der Waals surface area contributed by atoms with Crippen molar-refractivity contribution in [2.75, 3.05) is 18.0 Å². The molecule has 1 atom stereocenters. The van der Waals surface area contributed by atoms with Crippen molar-refractivity contribution in [3.8, 4) is 0 Å². The lowest BCUT2D eigenvalue weighted by Crippen LogP contribution is -2.50. The molecule has 0 saturated carbocycles. The Bertz CT molecular complexity index is 601. The average molecular weight is 367 g/mol. The van der Waals surface area contributed by atoms with Crippen LogP contribution in [0.3, 0.4) is 0 Å². The topological polar surface area (TPSA) is 40.5 Å². The highest BCUT2D eigenvalue weighted by molar-refractivity contribution is 5.78. The first-order valence-electron chi connectivity index (χ1n) is 9.42. The van der Waals surface area contributed by atoms with Gasteiger partial charge in [0, 0.05) is 43.1 Å². The number of benzene rings is 1. The Balaban J connectivity index is 0.00000163. The molecule has 1 aromatic carbocycles. The molecule has 1 saturated heterocycles. The van der Waals surface area contributed by atoms with Crippen LogP contribution in [0.25, 0.3) is 0 Å². The molecule has 0 spiro atoms. The van der Waals surface area contributed by atoms with Crippen molar-refractivity contribution in [1.29, 1.82) is 0 Å². The number of ketones is 1. The van der Waals surface area contributed by atoms with Gasteiger partial charge in [0.05, 0.1) is 6.10 Å². The second-order valence-corrected chi connectivity index (χ2v) is 6.61. The molecule has 1 N–H and O–H groups in total. The molecule has 1 fully saturated rings. The Hall–Kier alpha value is -1.75. The molecular formula is C21H31F2NO2. The molecule has 5 heteroatoms. The van der Waals surface area contributed by atoms with Crippen LogP contribution in [0.4, 0.5) is 14.5 Å². The molecule has 26 heavy (non-hydrogen) atoms. The lowest BCUT2D eigenvalue weighted by molar-refractivity contribution is -0.119. The standard InChI is InChI=1S/C19H25F2NO2.C2H6/c1-4-5-14(23)6-7-16(12(2)3)19-17(20)8-13(9-18(19)21)22-10-15(24)11-22;1-2/h8-9,15-16,24H,2,4-7,10-11H2,1,3H3;1-2H3. The van der Waals surface area contributed by atoms with E-state index in [0.29, 0.717) is 43.6 Å². The molecule has 1 aromatic rings. The predicted octanol–water partition coefficient (Wildman–Crippen LogP) is 4.98. The second kappa shape index (κ2) is 10.4. The number of aliphatic hydroxyl groups excluding tert-OH is 1. The van der Waals surface area contributed by atoms with Gasteiger partial charge in [-0.15, -0.1) is 0 Å². The first-order valence-corrected chi connectivity index (χ1v) is 9.42. The van der Waals surface area contributed by atoms with Gasteiger partial charge in [0.2, 0.25) is 0 Å². The van der Waals surface area contributed by atoms with Crippen LogP contribution in [-0.4, -0.2) is 30.1 Å². The van der Waals surface area contributed by atoms with Crippen LogP contribution >= 0.6 is 0 Å². The summed E-state index contributed by atoms with van der Waals surface area (Å²) in [6.07, 6.45) is 1.48. The van der Waals surface area contributed by atoms with Gasteiger partial charge in [-0.3, -0.25) is 4.79 Å². The lowest BCUT2D eigenvalue weighted by Gasteiger charge is -2.38. The molecule has 2 rings (SSSR count). The van der Waals surface area contributed by atoms with Crippen LogP contribution in [0.5, 0.6) is 0 Å². The molecule has 3 nitrogen and oxygen atoms in total. The van der Waals surface area contributed by atoms with Crippen LogP contribution in [0.15, 0.2) is 24.3 Å². The predicted molar refractivity (Wildman–Crippen MR) is 103 cm³/mol. The number of anilines is 1. The summed E-state index contributed by atoms with van der Waals surface area (Å²) in [4.78, 5) is 13.5. The van der Waals surface area contributed by atoms with E-state index < -0.39 is 23.7 Å². The first kappa shape index (κ1) is 22.3. The zero-order chi connectivity index (χ0) is 19.9. The fourth-order valence-electron chi connectivity index (χ4n) is 3.10. The highest BCUT2D eigenvalue weighted by Crippen LogP contribution is 2.35. The maximum Gasteiger partial charge on any atom is 0.132 e. The van der Waals surface area contributed by atoms with Crippen molar-refractivity contribution in [2.45, 2.75) is 65.4 Å². The zero-order valence-electron chi connectivity index (χ0n) is 16.3. The molecule has 0 aromatic heterocycles. The molecule has 0 aliphatic carbocycles. The van der Waals surface area contributed by atoms with E-state index in [1.807, 2.05) is 20.8 Å². The van der Waals surface area contributed by atoms with Gasteiger partial charge in [-0.05, 0) is 31.9 Å². The van der Waals surface area contributed by atoms with Crippen LogP contribution < -0.4 is 4.90 Å². The van der Waals surface area contributed by atoms with Crippen LogP contribution in [0.1, 0.15) is 64.9 Å². The smallest absolute Gasteiger partial charge is 0.132 e. The number of hydrogen-bond donors (Lipinski definition) is 1. The van der Waals surface area contributed by atoms with Gasteiger partial charge in [-0.2, -0.15) is 0 Å². The van der Waals surface area contributed by atoms with Gasteiger partial charge < -0.3 is 10.0 Å². The van der Waals surface area contributed by atoms with Crippen LogP contribution in [-0.2, 0) is 4.79 Å². The molecule has 1 aliphatic heterocycles. The average Bonchev–Trinajstić information content (AvgIpc) is 2.55. The SMILES string of the molecule is C=C(C)C(CCC(=O)CCC)c1c(F)cc(N2CC(O)C2)cc1F.CC. The summed E-state index contributed by atoms with van der Waals surface area (Å²) in [6, 6.07) is 2.60. The molecule has 146 valence electrons. The maximum absolute atomic E-state index is 14.6. The molecule has 0 bridgehead atoms. The van der Waals surface area contributed by atoms with Crippen molar-refractivity contribution in [2.24, 2.45) is 0 Å². The Morgan fingerprint density at radius 3 is 2.23 bits per heavy atom. The Morgan fingerprint density at radius 1 is 1.27 bits per heavy atom. The van der Waals surface area contributed by atoms with Gasteiger partial charge in [0.25, 0.3) is 0 Å². The van der Waals surface area contributed by atoms with Crippen molar-refractivity contribution in [3.63, 3.8) is 0 Å². The number of rotatable bonds is 8. The molecule has 1 aliphatic rings. The lowest BCUT2D eigenvalue weighted by atomic mass is 9.86. The summed E-state index contributed by atoms with van der Waals surface area (Å²) in [7, 11) is 0. The number of carbonyl (C=O) groups excluding carboxylic acids is 1. The van der Waals surface area contributed by atoms with Gasteiger partial charge in [0.15, 0.2) is 0 Å². The number of aliphatic hydroxyl groups is 1. The summed E-state index contributed by atoms with van der Waals surface area (Å²) in [5.74, 6) is -1.65. The Kier molecular flexibility index (Phi) is 8.93. The van der Waals surface area contributed by atoms with Gasteiger partial charge in [-0.1, -0.05) is 32.9 Å². The molecule has 0 radical (unpaired) electrons. The van der Waals surface area contributed by atoms with Crippen molar-refractivity contribution in [1.82, 2.24) is 0 Å². The van der Waals surface area contributed by atoms with E-state index in [4.69, 9.17) is 0 Å². The third-order valence-corrected chi connectivity index (χ3v) is 4.48. The highest BCUT2D eigenvalue weighted by Gasteiger charge is 2.28. The normalized spacial score (nSPS) is 15.0. The Morgan fingerprint density at radius 2 is 1.81 bits per heavy atom. The van der Waals surface area contributed by atoms with E-state index in [9.17, 15) is 18.7 Å². The van der Waals surface area contributed by atoms with Gasteiger partial charge in [-0.25, -0.2) is 8.78 Å². The summed E-state index contributed by atoms with van der Waals surface area (Å²) >= 11 is 0. The molecule has 1 unspecified atom stereocenters. The van der Waals surface area contributed by atoms with Crippen molar-refractivity contribution < 1.29 is 18.7 Å². The monoisotopic (exact) mass is 367 g/mol.